The quantitative estimate of drug-likeness (QED) is 0.0711. The third-order valence-electron chi connectivity index (χ3n) is 6.59. The number of aliphatic carboxylic acids is 1. The van der Waals surface area contributed by atoms with Gasteiger partial charge in [-0.3, -0.25) is 9.59 Å². The van der Waals surface area contributed by atoms with E-state index >= 15 is 0 Å². The van der Waals surface area contributed by atoms with Crippen molar-refractivity contribution >= 4 is 46.5 Å². The largest absolute Gasteiger partial charge is 0.480 e. The Morgan fingerprint density at radius 3 is 2.60 bits per heavy atom. The highest BCUT2D eigenvalue weighted by Crippen LogP contribution is 2.37. The number of carbonyl (C=O) groups is 3. The molecule has 1 aliphatic rings. The molecule has 1 saturated carbocycles. The van der Waals surface area contributed by atoms with Gasteiger partial charge in [-0.05, 0) is 25.3 Å². The first kappa shape index (κ1) is 31.2. The molecule has 5 atom stereocenters. The van der Waals surface area contributed by atoms with Gasteiger partial charge in [-0.1, -0.05) is 56.2 Å². The van der Waals surface area contributed by atoms with E-state index in [1.807, 2.05) is 0 Å². The predicted octanol–water partition coefficient (Wildman–Crippen LogP) is 0.999. The van der Waals surface area contributed by atoms with Gasteiger partial charge in [0.05, 0.1) is 18.6 Å². The topological polar surface area (TPSA) is 218 Å². The number of hydrogen-bond acceptors (Lipinski definition) is 11. The summed E-state index contributed by atoms with van der Waals surface area (Å²) >= 11 is 1.51. The van der Waals surface area contributed by atoms with Crippen LogP contribution in [0.1, 0.15) is 64.8 Å². The second kappa shape index (κ2) is 14.9. The predicted molar refractivity (Wildman–Crippen MR) is 148 cm³/mol. The van der Waals surface area contributed by atoms with Crippen LogP contribution in [0, 0.1) is 5.92 Å². The summed E-state index contributed by atoms with van der Waals surface area (Å²) in [6.45, 7) is 4.94. The average molecular weight is 579 g/mol. The maximum atomic E-state index is 12.3. The lowest BCUT2D eigenvalue weighted by Crippen LogP contribution is -2.42. The van der Waals surface area contributed by atoms with E-state index in [-0.39, 0.29) is 6.42 Å². The number of hydrogen-bond donors (Lipinski definition) is 6. The van der Waals surface area contributed by atoms with Crippen LogP contribution in [0.5, 0.6) is 0 Å². The number of rotatable bonds is 16. The van der Waals surface area contributed by atoms with Gasteiger partial charge in [0.2, 0.25) is 11.8 Å². The molecule has 2 aromatic heterocycles. The first-order valence-corrected chi connectivity index (χ1v) is 14.5. The van der Waals surface area contributed by atoms with E-state index in [1.54, 1.807) is 0 Å². The zero-order chi connectivity index (χ0) is 29.2. The number of unbranched alkanes of at least 4 members (excludes halogenated alkanes) is 3. The molecular weight excluding hydrogens is 540 g/mol. The Labute approximate surface area is 236 Å². The molecule has 220 valence electrons. The van der Waals surface area contributed by atoms with Crippen LogP contribution in [0.4, 0.5) is 5.82 Å². The van der Waals surface area contributed by atoms with Crippen LogP contribution in [0.3, 0.4) is 0 Å². The Bertz CT molecular complexity index is 1210. The van der Waals surface area contributed by atoms with Crippen LogP contribution in [-0.2, 0) is 14.4 Å². The van der Waals surface area contributed by atoms with Gasteiger partial charge in [0.1, 0.15) is 12.1 Å². The van der Waals surface area contributed by atoms with Crippen LogP contribution in [0.15, 0.2) is 17.3 Å². The second-order valence-electron chi connectivity index (χ2n) is 9.77. The van der Waals surface area contributed by atoms with Crippen molar-refractivity contribution in [3.05, 3.63) is 12.2 Å². The third kappa shape index (κ3) is 8.11. The Morgan fingerprint density at radius 2 is 1.93 bits per heavy atom. The smallest absolute Gasteiger partial charge is 0.326 e. The highest BCUT2D eigenvalue weighted by atomic mass is 32.2. The summed E-state index contributed by atoms with van der Waals surface area (Å²) in [6, 6.07) is -2.16. The monoisotopic (exact) mass is 578 g/mol. The lowest BCUT2D eigenvalue weighted by molar-refractivity contribution is -0.142. The molecule has 2 aromatic rings. The van der Waals surface area contributed by atoms with E-state index in [4.69, 9.17) is 5.73 Å². The summed E-state index contributed by atoms with van der Waals surface area (Å²) in [4.78, 5) is 43.9. The van der Waals surface area contributed by atoms with Crippen molar-refractivity contribution in [2.45, 2.75) is 88.2 Å². The number of aliphatic hydroxyl groups is 2. The molecule has 0 bridgehead atoms. The first-order valence-electron chi connectivity index (χ1n) is 13.5. The normalized spacial score (nSPS) is 21.6. The zero-order valence-corrected chi connectivity index (χ0v) is 23.5. The minimum atomic E-state index is -1.48. The molecule has 1 unspecified atom stereocenters. The lowest BCUT2D eigenvalue weighted by atomic mass is 10.0. The number of nitrogens with one attached hydrogen (secondary N) is 2. The van der Waals surface area contributed by atoms with Crippen molar-refractivity contribution < 1.29 is 29.7 Å². The van der Waals surface area contributed by atoms with Crippen molar-refractivity contribution in [1.82, 2.24) is 30.3 Å². The molecule has 14 nitrogen and oxygen atoms in total. The molecule has 1 aliphatic carbocycles. The third-order valence-corrected chi connectivity index (χ3v) is 7.64. The van der Waals surface area contributed by atoms with Crippen LogP contribution < -0.4 is 16.4 Å². The number of thioether (sulfide) groups is 1. The number of aromatic nitrogens is 5. The maximum absolute atomic E-state index is 12.3. The summed E-state index contributed by atoms with van der Waals surface area (Å²) in [7, 11) is 0. The summed E-state index contributed by atoms with van der Waals surface area (Å²) in [5.41, 5.74) is 5.93. The molecular formula is C25H38N8O6S. The molecule has 0 spiro atoms. The number of carboxylic acids is 1. The molecule has 7 N–H and O–H groups in total. The zero-order valence-electron chi connectivity index (χ0n) is 22.7. The second-order valence-corrected chi connectivity index (χ2v) is 10.8. The Kier molecular flexibility index (Phi) is 11.6. The number of aliphatic hydroxyl groups excluding tert-OH is 2. The summed E-state index contributed by atoms with van der Waals surface area (Å²) < 4.78 is 1.49. The van der Waals surface area contributed by atoms with Gasteiger partial charge in [0.25, 0.3) is 0 Å². The van der Waals surface area contributed by atoms with Crippen LogP contribution in [0.2, 0.25) is 0 Å². The first-order chi connectivity index (χ1) is 19.2. The number of fused-ring (bicyclic) bond motifs is 1. The van der Waals surface area contributed by atoms with Crippen molar-refractivity contribution in [2.75, 3.05) is 17.6 Å². The van der Waals surface area contributed by atoms with E-state index < -0.39 is 54.4 Å². The fourth-order valence-corrected chi connectivity index (χ4v) is 5.17. The Balaban J connectivity index is 1.79. The Morgan fingerprint density at radius 1 is 1.15 bits per heavy atom. The Hall–Kier alpha value is -3.30. The number of primary amides is 1. The fourth-order valence-electron chi connectivity index (χ4n) is 4.48. The van der Waals surface area contributed by atoms with E-state index in [9.17, 15) is 29.7 Å². The van der Waals surface area contributed by atoms with E-state index in [0.29, 0.717) is 22.1 Å². The minimum absolute atomic E-state index is 0.218. The van der Waals surface area contributed by atoms with E-state index in [1.165, 1.54) is 22.5 Å². The number of carboxylic acid groups (broad SMARTS) is 1. The van der Waals surface area contributed by atoms with Crippen molar-refractivity contribution in [3.63, 3.8) is 0 Å². The van der Waals surface area contributed by atoms with Gasteiger partial charge in [0, 0.05) is 18.2 Å². The number of carbonyl (C=O) groups excluding carboxylic acids is 2. The van der Waals surface area contributed by atoms with Gasteiger partial charge in [-0.25, -0.2) is 19.4 Å². The summed E-state index contributed by atoms with van der Waals surface area (Å²) in [5.74, 6) is -2.30. The van der Waals surface area contributed by atoms with Crippen LogP contribution in [0.25, 0.3) is 11.2 Å². The molecule has 1 fully saturated rings. The minimum Gasteiger partial charge on any atom is -0.480 e. The van der Waals surface area contributed by atoms with E-state index in [2.05, 4.69) is 44.8 Å². The summed E-state index contributed by atoms with van der Waals surface area (Å²) in [5, 5.41) is 45.4. The number of anilines is 1. The maximum Gasteiger partial charge on any atom is 0.326 e. The summed E-state index contributed by atoms with van der Waals surface area (Å²) in [6.07, 6.45) is 4.99. The molecule has 0 aliphatic heterocycles. The number of nitrogens with zero attached hydrogens (tertiary/aromatic N) is 5. The van der Waals surface area contributed by atoms with Gasteiger partial charge >= 0.3 is 5.97 Å². The lowest BCUT2D eigenvalue weighted by Gasteiger charge is -2.17. The molecule has 0 radical (unpaired) electrons. The fraction of sp³-hybridized carbons (Fsp3) is 0.640. The van der Waals surface area contributed by atoms with E-state index in [0.717, 1.165) is 50.5 Å². The molecule has 40 heavy (non-hydrogen) atoms. The van der Waals surface area contributed by atoms with Crippen LogP contribution >= 0.6 is 11.8 Å². The van der Waals surface area contributed by atoms with Crippen molar-refractivity contribution in [3.8, 4) is 0 Å². The van der Waals surface area contributed by atoms with Crippen molar-refractivity contribution in [1.29, 1.82) is 0 Å². The van der Waals surface area contributed by atoms with Gasteiger partial charge in [0.15, 0.2) is 22.1 Å². The number of nitrogens with two attached hydrogens (primary N) is 1. The molecule has 2 heterocycles. The SMILES string of the molecule is CCCCCCNc1nc(SCCC)nc2c1nnn2[C@H]1C[C@@H](C=CC(=O)N[C@@H](CC(N)=O)C(=O)O)C(O)[C@@H]1O. The van der Waals surface area contributed by atoms with Gasteiger partial charge < -0.3 is 31.7 Å². The molecule has 0 aromatic carbocycles. The van der Waals surface area contributed by atoms with Gasteiger partial charge in [-0.15, -0.1) is 5.10 Å². The van der Waals surface area contributed by atoms with Crippen LogP contribution in [-0.4, -0.2) is 88.6 Å². The molecule has 0 saturated heterocycles. The number of amides is 2. The molecule has 15 heteroatoms. The molecule has 3 rings (SSSR count). The van der Waals surface area contributed by atoms with Crippen molar-refractivity contribution in [2.24, 2.45) is 11.7 Å². The highest BCUT2D eigenvalue weighted by molar-refractivity contribution is 7.99. The standard InChI is InChI=1S/C25H38N8O6S/c1-3-5-6-7-10-27-22-19-23(30-25(29-22)40-11-4-2)33(32-31-19)16-12-14(20(36)21(16)37)8-9-18(35)28-15(24(38)39)13-17(26)34/h8-9,14-16,20-21,36-37H,3-7,10-13H2,1-2H3,(H2,26,34)(H,28,35)(H,38,39)(H,27,29,30)/t14-,15+,16+,20?,21-/m1/s1. The highest BCUT2D eigenvalue weighted by Gasteiger charge is 2.43. The average Bonchev–Trinajstić information content (AvgIpc) is 3.45. The molecule has 2 amide bonds. The van der Waals surface area contributed by atoms with Gasteiger partial charge in [-0.2, -0.15) is 0 Å².